The van der Waals surface area contributed by atoms with E-state index in [9.17, 15) is 9.90 Å². The molecule has 3 fully saturated rings. The summed E-state index contributed by atoms with van der Waals surface area (Å²) >= 11 is 0. The number of piperazine rings is 1. The Balaban J connectivity index is 1.47. The van der Waals surface area contributed by atoms with Crippen LogP contribution in [-0.4, -0.2) is 97.8 Å². The van der Waals surface area contributed by atoms with Gasteiger partial charge in [-0.15, -0.1) is 0 Å². The van der Waals surface area contributed by atoms with Gasteiger partial charge in [-0.25, -0.2) is 0 Å². The lowest BCUT2D eigenvalue weighted by Gasteiger charge is -2.39. The molecule has 2 saturated heterocycles. The molecule has 0 aromatic heterocycles. The van der Waals surface area contributed by atoms with E-state index in [4.69, 9.17) is 0 Å². The van der Waals surface area contributed by atoms with Crippen LogP contribution in [0.1, 0.15) is 44.1 Å². The average Bonchev–Trinajstić information content (AvgIpc) is 2.98. The molecule has 1 aliphatic carbocycles. The number of likely N-dealkylation sites (tertiary alicyclic amines) is 1. The maximum Gasteiger partial charge on any atom is 0.224 e. The van der Waals surface area contributed by atoms with Crippen molar-refractivity contribution in [3.63, 3.8) is 0 Å². The van der Waals surface area contributed by atoms with Crippen LogP contribution in [0.3, 0.4) is 0 Å². The molecule has 6 heteroatoms. The van der Waals surface area contributed by atoms with Gasteiger partial charge in [-0.2, -0.15) is 0 Å². The highest BCUT2D eigenvalue weighted by molar-refractivity contribution is 5.79. The average molecular weight is 443 g/mol. The second-order valence-electron chi connectivity index (χ2n) is 10.5. The highest BCUT2D eigenvalue weighted by atomic mass is 16.3. The van der Waals surface area contributed by atoms with Crippen LogP contribution in [0.2, 0.25) is 0 Å². The molecule has 2 heterocycles. The number of piperidine rings is 1. The number of carbonyl (C=O) groups is 1. The van der Waals surface area contributed by atoms with E-state index in [1.165, 1.54) is 5.56 Å². The molecule has 4 atom stereocenters. The Kier molecular flexibility index (Phi) is 7.87. The zero-order valence-corrected chi connectivity index (χ0v) is 20.0. The smallest absolute Gasteiger partial charge is 0.224 e. The normalized spacial score (nSPS) is 33.5. The number of nitrogens with one attached hydrogen (secondary N) is 1. The Bertz CT molecular complexity index is 737. The first-order chi connectivity index (χ1) is 15.5. The first-order valence-electron chi connectivity index (χ1n) is 12.6. The molecular formula is C26H42N4O2. The number of benzene rings is 1. The second kappa shape index (κ2) is 10.6. The van der Waals surface area contributed by atoms with Crippen molar-refractivity contribution in [2.45, 2.75) is 56.1 Å². The number of nitrogens with zero attached hydrogens (tertiary/aromatic N) is 3. The van der Waals surface area contributed by atoms with Crippen molar-refractivity contribution in [1.29, 1.82) is 0 Å². The molecule has 32 heavy (non-hydrogen) atoms. The van der Waals surface area contributed by atoms with Crippen LogP contribution >= 0.6 is 0 Å². The Morgan fingerprint density at radius 2 is 1.72 bits per heavy atom. The number of amides is 1. The van der Waals surface area contributed by atoms with Gasteiger partial charge in [-0.05, 0) is 64.7 Å². The van der Waals surface area contributed by atoms with Crippen molar-refractivity contribution in [2.75, 3.05) is 59.9 Å². The van der Waals surface area contributed by atoms with Gasteiger partial charge in [-0.1, -0.05) is 30.3 Å². The summed E-state index contributed by atoms with van der Waals surface area (Å²) in [7, 11) is 4.28. The quantitative estimate of drug-likeness (QED) is 0.683. The van der Waals surface area contributed by atoms with Gasteiger partial charge in [0.25, 0.3) is 0 Å². The van der Waals surface area contributed by atoms with Crippen LogP contribution < -0.4 is 5.32 Å². The van der Waals surface area contributed by atoms with E-state index < -0.39 is 0 Å². The van der Waals surface area contributed by atoms with Crippen LogP contribution in [-0.2, 0) is 10.2 Å². The minimum atomic E-state index is -0.299. The third kappa shape index (κ3) is 5.53. The predicted molar refractivity (Wildman–Crippen MR) is 129 cm³/mol. The summed E-state index contributed by atoms with van der Waals surface area (Å²) in [5.41, 5.74) is 1.19. The van der Waals surface area contributed by atoms with Crippen LogP contribution in [0.15, 0.2) is 30.3 Å². The topological polar surface area (TPSA) is 59.0 Å². The van der Waals surface area contributed by atoms with Gasteiger partial charge in [0.05, 0.1) is 12.0 Å². The van der Waals surface area contributed by atoms with Gasteiger partial charge in [0.2, 0.25) is 5.91 Å². The minimum Gasteiger partial charge on any atom is -0.391 e. The summed E-state index contributed by atoms with van der Waals surface area (Å²) in [4.78, 5) is 20.2. The number of likely N-dealkylation sites (N-methyl/N-ethyl adjacent to an activating group) is 1. The fourth-order valence-electron chi connectivity index (χ4n) is 6.08. The third-order valence-electron chi connectivity index (χ3n) is 8.27. The van der Waals surface area contributed by atoms with E-state index in [0.717, 1.165) is 77.8 Å². The summed E-state index contributed by atoms with van der Waals surface area (Å²) in [6.07, 6.45) is 5.45. The van der Waals surface area contributed by atoms with E-state index >= 15 is 0 Å². The van der Waals surface area contributed by atoms with Crippen LogP contribution in [0, 0.1) is 5.92 Å². The van der Waals surface area contributed by atoms with Crippen LogP contribution in [0.4, 0.5) is 0 Å². The number of hydrogen-bond donors (Lipinski definition) is 2. The van der Waals surface area contributed by atoms with Crippen molar-refractivity contribution in [2.24, 2.45) is 5.92 Å². The Morgan fingerprint density at radius 3 is 2.44 bits per heavy atom. The molecule has 3 aliphatic rings. The summed E-state index contributed by atoms with van der Waals surface area (Å²) < 4.78 is 0. The molecule has 1 amide bonds. The molecule has 178 valence electrons. The lowest BCUT2D eigenvalue weighted by molar-refractivity contribution is -0.126. The number of hydrogen-bond acceptors (Lipinski definition) is 5. The molecule has 0 bridgehead atoms. The summed E-state index contributed by atoms with van der Waals surface area (Å²) in [6, 6.07) is 10.9. The van der Waals surface area contributed by atoms with E-state index in [0.29, 0.717) is 6.54 Å². The third-order valence-corrected chi connectivity index (χ3v) is 8.27. The first-order valence-corrected chi connectivity index (χ1v) is 12.6. The molecule has 2 aliphatic heterocycles. The molecular weight excluding hydrogens is 400 g/mol. The standard InChI is InChI=1S/C26H42N4O2/c1-28-15-17-30(18-16-28)23-10-12-26(13-11-24(23)31,22-8-4-3-5-9-22)20-27-25(32)21-7-6-14-29(2)19-21/h3-5,8-9,21,23-24,31H,6-7,10-20H2,1-2H3,(H,27,32)/t21-,23-,24-,26-/m0/s1. The van der Waals surface area contributed by atoms with Crippen molar-refractivity contribution < 1.29 is 9.90 Å². The molecule has 0 spiro atoms. The Hall–Kier alpha value is -1.47. The zero-order valence-electron chi connectivity index (χ0n) is 20.0. The number of carbonyl (C=O) groups excluding carboxylic acids is 1. The lowest BCUT2D eigenvalue weighted by Crippen LogP contribution is -2.52. The summed E-state index contributed by atoms with van der Waals surface area (Å²) in [6.45, 7) is 6.80. The molecule has 1 saturated carbocycles. The monoisotopic (exact) mass is 442 g/mol. The van der Waals surface area contributed by atoms with Crippen LogP contribution in [0.5, 0.6) is 0 Å². The van der Waals surface area contributed by atoms with Gasteiger partial charge in [0.15, 0.2) is 0 Å². The summed E-state index contributed by atoms with van der Waals surface area (Å²) in [5, 5.41) is 14.5. The van der Waals surface area contributed by atoms with Crippen LogP contribution in [0.25, 0.3) is 0 Å². The van der Waals surface area contributed by atoms with Gasteiger partial charge in [-0.3, -0.25) is 9.69 Å². The second-order valence-corrected chi connectivity index (χ2v) is 10.5. The molecule has 2 N–H and O–H groups in total. The van der Waals surface area contributed by atoms with E-state index in [1.807, 2.05) is 0 Å². The number of aliphatic hydroxyl groups is 1. The van der Waals surface area contributed by atoms with E-state index in [2.05, 4.69) is 64.4 Å². The minimum absolute atomic E-state index is 0.0935. The molecule has 1 aromatic rings. The summed E-state index contributed by atoms with van der Waals surface area (Å²) in [5.74, 6) is 0.295. The number of aliphatic hydroxyl groups excluding tert-OH is 1. The van der Waals surface area contributed by atoms with Gasteiger partial charge in [0.1, 0.15) is 0 Å². The van der Waals surface area contributed by atoms with Crippen molar-refractivity contribution in [3.05, 3.63) is 35.9 Å². The van der Waals surface area contributed by atoms with Crippen molar-refractivity contribution in [3.8, 4) is 0 Å². The maximum absolute atomic E-state index is 13.1. The molecule has 4 rings (SSSR count). The highest BCUT2D eigenvalue weighted by Gasteiger charge is 2.40. The Morgan fingerprint density at radius 1 is 1.00 bits per heavy atom. The largest absolute Gasteiger partial charge is 0.391 e. The van der Waals surface area contributed by atoms with Gasteiger partial charge in [0, 0.05) is 50.7 Å². The van der Waals surface area contributed by atoms with Gasteiger partial charge < -0.3 is 20.2 Å². The zero-order chi connectivity index (χ0) is 22.6. The molecule has 1 aromatic carbocycles. The highest BCUT2D eigenvalue weighted by Crippen LogP contribution is 2.39. The lowest BCUT2D eigenvalue weighted by atomic mass is 9.74. The fraction of sp³-hybridized carbons (Fsp3) is 0.731. The molecule has 0 radical (unpaired) electrons. The molecule has 6 nitrogen and oxygen atoms in total. The SMILES string of the molecule is CN1CCN([C@H]2CC[C@](CNC(=O)[C@H]3CCCN(C)C3)(c3ccccc3)CC[C@@H]2O)CC1. The van der Waals surface area contributed by atoms with E-state index in [1.54, 1.807) is 0 Å². The Labute approximate surface area is 193 Å². The fourth-order valence-corrected chi connectivity index (χ4v) is 6.08. The first kappa shape index (κ1) is 23.7. The maximum atomic E-state index is 13.1. The predicted octanol–water partition coefficient (Wildman–Crippen LogP) is 1.93. The van der Waals surface area contributed by atoms with Gasteiger partial charge >= 0.3 is 0 Å². The number of rotatable bonds is 5. The van der Waals surface area contributed by atoms with E-state index in [-0.39, 0.29) is 29.4 Å². The van der Waals surface area contributed by atoms with Crippen molar-refractivity contribution in [1.82, 2.24) is 20.0 Å². The van der Waals surface area contributed by atoms with Crippen molar-refractivity contribution >= 4 is 5.91 Å². The molecule has 0 unspecified atom stereocenters.